The molecule has 1 atom stereocenters. The fraction of sp³-hybridized carbons (Fsp3) is 0.105. The van der Waals surface area contributed by atoms with Gasteiger partial charge in [0.05, 0.1) is 16.2 Å². The van der Waals surface area contributed by atoms with Gasteiger partial charge in [-0.3, -0.25) is 20.2 Å². The van der Waals surface area contributed by atoms with Crippen LogP contribution in [0.25, 0.3) is 11.3 Å². The molecule has 2 aromatic carbocycles. The fourth-order valence-corrected chi connectivity index (χ4v) is 3.00. The number of nitro benzene ring substituents is 1. The number of benzene rings is 2. The Bertz CT molecular complexity index is 1000. The topological polar surface area (TPSA) is 111 Å². The van der Waals surface area contributed by atoms with Gasteiger partial charge in [-0.1, -0.05) is 30.3 Å². The van der Waals surface area contributed by atoms with Gasteiger partial charge in [0, 0.05) is 23.1 Å². The van der Waals surface area contributed by atoms with Crippen molar-refractivity contribution in [3.05, 3.63) is 75.7 Å². The number of hydrogen-bond donors (Lipinski definition) is 1. The van der Waals surface area contributed by atoms with Gasteiger partial charge in [0.2, 0.25) is 0 Å². The van der Waals surface area contributed by atoms with Crippen LogP contribution in [0.5, 0.6) is 0 Å². The van der Waals surface area contributed by atoms with Gasteiger partial charge in [-0.15, -0.1) is 11.3 Å². The van der Waals surface area contributed by atoms with Gasteiger partial charge < -0.3 is 4.74 Å². The van der Waals surface area contributed by atoms with Gasteiger partial charge in [-0.2, -0.15) is 0 Å². The van der Waals surface area contributed by atoms with E-state index in [4.69, 9.17) is 4.74 Å². The van der Waals surface area contributed by atoms with Gasteiger partial charge in [0.25, 0.3) is 11.6 Å². The maximum Gasteiger partial charge on any atom is 0.338 e. The predicted molar refractivity (Wildman–Crippen MR) is 104 cm³/mol. The van der Waals surface area contributed by atoms with Crippen LogP contribution >= 0.6 is 11.3 Å². The summed E-state index contributed by atoms with van der Waals surface area (Å²) < 4.78 is 5.12. The first-order valence-corrected chi connectivity index (χ1v) is 9.09. The standard InChI is InChI=1S/C19H15N3O5S/c1-12(27-18(24)14-7-9-15(10-8-14)22(25)26)17(23)21-19-20-16(11-28-19)13-5-3-2-4-6-13/h2-12H,1H3,(H,20,21,23). The number of carbonyl (C=O) groups is 2. The van der Waals surface area contributed by atoms with Gasteiger partial charge in [-0.25, -0.2) is 9.78 Å². The lowest BCUT2D eigenvalue weighted by Crippen LogP contribution is -2.29. The number of nitrogens with one attached hydrogen (secondary N) is 1. The molecule has 0 aliphatic carbocycles. The third kappa shape index (κ3) is 4.57. The van der Waals surface area contributed by atoms with Crippen LogP contribution in [0.3, 0.4) is 0 Å². The third-order valence-corrected chi connectivity index (χ3v) is 4.53. The van der Waals surface area contributed by atoms with Crippen LogP contribution in [0.4, 0.5) is 10.8 Å². The maximum absolute atomic E-state index is 12.3. The minimum absolute atomic E-state index is 0.117. The summed E-state index contributed by atoms with van der Waals surface area (Å²) in [5.74, 6) is -1.27. The molecule has 1 unspecified atom stereocenters. The molecule has 3 aromatic rings. The summed E-state index contributed by atoms with van der Waals surface area (Å²) >= 11 is 1.26. The molecule has 28 heavy (non-hydrogen) atoms. The largest absolute Gasteiger partial charge is 0.449 e. The van der Waals surface area contributed by atoms with Crippen molar-refractivity contribution in [3.8, 4) is 11.3 Å². The zero-order valence-corrected chi connectivity index (χ0v) is 15.5. The first-order valence-electron chi connectivity index (χ1n) is 8.21. The number of non-ortho nitro benzene ring substituents is 1. The number of thiazole rings is 1. The number of ether oxygens (including phenoxy) is 1. The average Bonchev–Trinajstić information content (AvgIpc) is 3.17. The van der Waals surface area contributed by atoms with Crippen LogP contribution in [0.15, 0.2) is 60.0 Å². The van der Waals surface area contributed by atoms with Crippen molar-refractivity contribution in [1.29, 1.82) is 0 Å². The van der Waals surface area contributed by atoms with Crippen LogP contribution in [-0.4, -0.2) is 27.9 Å². The van der Waals surface area contributed by atoms with Crippen molar-refractivity contribution in [1.82, 2.24) is 4.98 Å². The Morgan fingerprint density at radius 3 is 2.46 bits per heavy atom. The zero-order chi connectivity index (χ0) is 20.1. The van der Waals surface area contributed by atoms with Gasteiger partial charge in [-0.05, 0) is 19.1 Å². The summed E-state index contributed by atoms with van der Waals surface area (Å²) in [5, 5.41) is 15.5. The number of nitro groups is 1. The molecule has 0 saturated carbocycles. The third-order valence-electron chi connectivity index (χ3n) is 3.77. The summed E-state index contributed by atoms with van der Waals surface area (Å²) in [6.07, 6.45) is -1.06. The Kier molecular flexibility index (Phi) is 5.75. The predicted octanol–water partition coefficient (Wildman–Crippen LogP) is 3.90. The van der Waals surface area contributed by atoms with Crippen LogP contribution in [0.2, 0.25) is 0 Å². The van der Waals surface area contributed by atoms with E-state index in [1.807, 2.05) is 35.7 Å². The number of rotatable bonds is 6. The SMILES string of the molecule is CC(OC(=O)c1ccc([N+](=O)[O-])cc1)C(=O)Nc1nc(-c2ccccc2)cs1. The molecule has 1 N–H and O–H groups in total. The van der Waals surface area contributed by atoms with Crippen LogP contribution in [0, 0.1) is 10.1 Å². The van der Waals surface area contributed by atoms with E-state index in [0.717, 1.165) is 11.3 Å². The van der Waals surface area contributed by atoms with Gasteiger partial charge >= 0.3 is 5.97 Å². The van der Waals surface area contributed by atoms with E-state index in [1.54, 1.807) is 0 Å². The molecule has 0 saturated heterocycles. The van der Waals surface area contributed by atoms with Crippen LogP contribution < -0.4 is 5.32 Å². The second-order valence-corrected chi connectivity index (χ2v) is 6.60. The first-order chi connectivity index (χ1) is 13.4. The van der Waals surface area contributed by atoms with E-state index in [-0.39, 0.29) is 11.3 Å². The number of anilines is 1. The second-order valence-electron chi connectivity index (χ2n) is 5.74. The van der Waals surface area contributed by atoms with E-state index in [9.17, 15) is 19.7 Å². The Morgan fingerprint density at radius 1 is 1.14 bits per heavy atom. The fourth-order valence-electron chi connectivity index (χ4n) is 2.28. The first kappa shape index (κ1) is 19.2. The Labute approximate surface area is 164 Å². The highest BCUT2D eigenvalue weighted by Gasteiger charge is 2.20. The molecule has 0 aliphatic heterocycles. The lowest BCUT2D eigenvalue weighted by Gasteiger charge is -2.12. The number of amides is 1. The highest BCUT2D eigenvalue weighted by molar-refractivity contribution is 7.14. The normalized spacial score (nSPS) is 11.5. The second kappa shape index (κ2) is 8.40. The molecular weight excluding hydrogens is 382 g/mol. The Morgan fingerprint density at radius 2 is 1.82 bits per heavy atom. The minimum Gasteiger partial charge on any atom is -0.449 e. The molecule has 8 nitrogen and oxygen atoms in total. The van der Waals surface area contributed by atoms with Crippen molar-refractivity contribution < 1.29 is 19.2 Å². The van der Waals surface area contributed by atoms with E-state index in [1.165, 1.54) is 42.5 Å². The van der Waals surface area contributed by atoms with Crippen molar-refractivity contribution in [3.63, 3.8) is 0 Å². The quantitative estimate of drug-likeness (QED) is 0.383. The lowest BCUT2D eigenvalue weighted by atomic mass is 10.2. The number of esters is 1. The van der Waals surface area contributed by atoms with Crippen molar-refractivity contribution in [2.24, 2.45) is 0 Å². The zero-order valence-electron chi connectivity index (χ0n) is 14.7. The molecule has 0 spiro atoms. The van der Waals surface area contributed by atoms with Crippen LogP contribution in [0.1, 0.15) is 17.3 Å². The molecule has 9 heteroatoms. The van der Waals surface area contributed by atoms with E-state index < -0.39 is 22.9 Å². The molecule has 142 valence electrons. The van der Waals surface area contributed by atoms with Crippen LogP contribution in [-0.2, 0) is 9.53 Å². The van der Waals surface area contributed by atoms with Gasteiger partial charge in [0.15, 0.2) is 11.2 Å². The Balaban J connectivity index is 1.59. The highest BCUT2D eigenvalue weighted by Crippen LogP contribution is 2.24. The number of aromatic nitrogens is 1. The smallest absolute Gasteiger partial charge is 0.338 e. The van der Waals surface area contributed by atoms with Crippen molar-refractivity contribution >= 4 is 34.0 Å². The summed E-state index contributed by atoms with van der Waals surface area (Å²) in [7, 11) is 0. The molecule has 0 fully saturated rings. The molecule has 1 amide bonds. The summed E-state index contributed by atoms with van der Waals surface area (Å²) in [4.78, 5) is 38.8. The monoisotopic (exact) mass is 397 g/mol. The molecule has 1 heterocycles. The number of nitrogens with zero attached hydrogens (tertiary/aromatic N) is 2. The molecule has 3 rings (SSSR count). The van der Waals surface area contributed by atoms with E-state index >= 15 is 0 Å². The van der Waals surface area contributed by atoms with Crippen molar-refractivity contribution in [2.75, 3.05) is 5.32 Å². The highest BCUT2D eigenvalue weighted by atomic mass is 32.1. The van der Waals surface area contributed by atoms with E-state index in [0.29, 0.717) is 5.13 Å². The average molecular weight is 397 g/mol. The molecule has 1 aromatic heterocycles. The van der Waals surface area contributed by atoms with Crippen molar-refractivity contribution in [2.45, 2.75) is 13.0 Å². The number of hydrogen-bond acceptors (Lipinski definition) is 7. The Hall–Kier alpha value is -3.59. The van der Waals surface area contributed by atoms with E-state index in [2.05, 4.69) is 10.3 Å². The summed E-state index contributed by atoms with van der Waals surface area (Å²) in [6, 6.07) is 14.5. The summed E-state index contributed by atoms with van der Waals surface area (Å²) in [6.45, 7) is 1.43. The molecule has 0 aliphatic rings. The molecular formula is C19H15N3O5S. The molecule has 0 radical (unpaired) electrons. The minimum atomic E-state index is -1.06. The lowest BCUT2D eigenvalue weighted by molar-refractivity contribution is -0.384. The maximum atomic E-state index is 12.3. The molecule has 0 bridgehead atoms. The van der Waals surface area contributed by atoms with Gasteiger partial charge in [0.1, 0.15) is 0 Å². The summed E-state index contributed by atoms with van der Waals surface area (Å²) in [5.41, 5.74) is 1.64. The number of carbonyl (C=O) groups excluding carboxylic acids is 2.